The first kappa shape index (κ1) is 27.8. The molecular formula is C28H35ClO5S. The van der Waals surface area contributed by atoms with E-state index in [1.54, 1.807) is 37.3 Å². The Bertz CT molecular complexity index is 1090. The number of aryl methyl sites for hydroxylation is 1. The molecular weight excluding hydrogens is 484 g/mol. The fourth-order valence-corrected chi connectivity index (χ4v) is 6.26. The SMILES string of the molecule is CC1(C)C(=O)[C@H](C/C=C\CCCC(=O)CO)[C@@H](/C=C/C(O)CCc2sc3ccccc3c2Cl)[C@@H]1O. The van der Waals surface area contributed by atoms with Gasteiger partial charge in [0, 0.05) is 33.2 Å². The number of Topliss-reactive ketones (excluding diaryl/α,β-unsaturated/α-hetero) is 2. The summed E-state index contributed by atoms with van der Waals surface area (Å²) in [5.41, 5.74) is -0.851. The van der Waals surface area contributed by atoms with Gasteiger partial charge in [0.15, 0.2) is 5.78 Å². The number of ketones is 2. The number of carbonyl (C=O) groups excluding carboxylic acids is 2. The number of unbranched alkanes of at least 4 members (excludes halogenated alkanes) is 1. The van der Waals surface area contributed by atoms with Crippen molar-refractivity contribution >= 4 is 44.6 Å². The van der Waals surface area contributed by atoms with Crippen LogP contribution in [0.3, 0.4) is 0 Å². The zero-order valence-electron chi connectivity index (χ0n) is 20.3. The smallest absolute Gasteiger partial charge is 0.158 e. The quantitative estimate of drug-likeness (QED) is 0.262. The van der Waals surface area contributed by atoms with E-state index in [1.165, 1.54) is 0 Å². The first-order chi connectivity index (χ1) is 16.7. The van der Waals surface area contributed by atoms with Gasteiger partial charge in [0.1, 0.15) is 12.4 Å². The second-order valence-electron chi connectivity index (χ2n) is 9.84. The summed E-state index contributed by atoms with van der Waals surface area (Å²) in [5.74, 6) is -0.893. The summed E-state index contributed by atoms with van der Waals surface area (Å²) in [5, 5.41) is 32.0. The molecule has 1 fully saturated rings. The standard InChI is InChI=1S/C28H35ClO5S/c1-28(2)26(33)20(10-6-4-3-5-9-19(32)17-30)21(27(28)34)15-13-18(31)14-16-24-25(29)22-11-7-8-12-23(22)35-24/h4,6-8,11-13,15,18,20-21,27,30-31,34H,3,5,9-10,14,16-17H2,1-2H3/b6-4-,15-13+/t18?,20-,21-,27+/m1/s1. The number of benzene rings is 1. The van der Waals surface area contributed by atoms with E-state index in [2.05, 4.69) is 0 Å². The summed E-state index contributed by atoms with van der Waals surface area (Å²) in [4.78, 5) is 25.2. The number of hydrogen-bond acceptors (Lipinski definition) is 6. The van der Waals surface area contributed by atoms with Gasteiger partial charge in [-0.2, -0.15) is 0 Å². The van der Waals surface area contributed by atoms with Crippen molar-refractivity contribution in [2.75, 3.05) is 6.61 Å². The van der Waals surface area contributed by atoms with Crippen LogP contribution in [0.4, 0.5) is 0 Å². The Morgan fingerprint density at radius 1 is 1.26 bits per heavy atom. The maximum Gasteiger partial charge on any atom is 0.158 e. The van der Waals surface area contributed by atoms with Crippen LogP contribution in [-0.2, 0) is 16.0 Å². The molecule has 0 saturated heterocycles. The molecule has 1 unspecified atom stereocenters. The second-order valence-corrected chi connectivity index (χ2v) is 11.4. The molecule has 3 N–H and O–H groups in total. The van der Waals surface area contributed by atoms with E-state index >= 15 is 0 Å². The molecule has 0 amide bonds. The Labute approximate surface area is 216 Å². The van der Waals surface area contributed by atoms with Crippen LogP contribution >= 0.6 is 22.9 Å². The zero-order valence-corrected chi connectivity index (χ0v) is 21.9. The van der Waals surface area contributed by atoms with Crippen molar-refractivity contribution in [1.82, 2.24) is 0 Å². The summed E-state index contributed by atoms with van der Waals surface area (Å²) >= 11 is 8.15. The highest BCUT2D eigenvalue weighted by atomic mass is 35.5. The first-order valence-electron chi connectivity index (χ1n) is 12.2. The van der Waals surface area contributed by atoms with Gasteiger partial charge < -0.3 is 15.3 Å². The molecule has 0 radical (unpaired) electrons. The van der Waals surface area contributed by atoms with Crippen LogP contribution in [0.2, 0.25) is 5.02 Å². The fraction of sp³-hybridized carbons (Fsp3) is 0.500. The molecule has 1 heterocycles. The van der Waals surface area contributed by atoms with Crippen molar-refractivity contribution in [3.8, 4) is 0 Å². The molecule has 7 heteroatoms. The Kier molecular flexibility index (Phi) is 9.85. The Balaban J connectivity index is 1.59. The van der Waals surface area contributed by atoms with Crippen molar-refractivity contribution in [3.63, 3.8) is 0 Å². The molecule has 1 saturated carbocycles. The highest BCUT2D eigenvalue weighted by Gasteiger charge is 2.52. The minimum Gasteiger partial charge on any atom is -0.391 e. The van der Waals surface area contributed by atoms with Crippen LogP contribution < -0.4 is 0 Å². The van der Waals surface area contributed by atoms with Crippen molar-refractivity contribution < 1.29 is 24.9 Å². The Hall–Kier alpha value is -1.83. The third-order valence-electron chi connectivity index (χ3n) is 6.92. The van der Waals surface area contributed by atoms with E-state index in [1.807, 2.05) is 36.4 Å². The van der Waals surface area contributed by atoms with Crippen molar-refractivity contribution in [2.24, 2.45) is 17.3 Å². The molecule has 190 valence electrons. The molecule has 1 aliphatic carbocycles. The number of hydrogen-bond donors (Lipinski definition) is 3. The van der Waals surface area contributed by atoms with Crippen LogP contribution in [0, 0.1) is 17.3 Å². The molecule has 0 aliphatic heterocycles. The predicted octanol–water partition coefficient (Wildman–Crippen LogP) is 5.28. The molecule has 0 spiro atoms. The third kappa shape index (κ3) is 6.69. The van der Waals surface area contributed by atoms with Crippen LogP contribution in [0.25, 0.3) is 10.1 Å². The molecule has 1 aromatic heterocycles. The largest absolute Gasteiger partial charge is 0.391 e. The Morgan fingerprint density at radius 3 is 2.71 bits per heavy atom. The van der Waals surface area contributed by atoms with E-state index < -0.39 is 24.2 Å². The molecule has 2 aromatic rings. The minimum atomic E-state index is -0.851. The summed E-state index contributed by atoms with van der Waals surface area (Å²) in [6, 6.07) is 7.98. The van der Waals surface area contributed by atoms with E-state index in [0.717, 1.165) is 20.0 Å². The van der Waals surface area contributed by atoms with Crippen LogP contribution in [-0.4, -0.2) is 45.7 Å². The molecule has 0 bridgehead atoms. The van der Waals surface area contributed by atoms with Crippen LogP contribution in [0.15, 0.2) is 48.6 Å². The number of halogens is 1. The van der Waals surface area contributed by atoms with Crippen molar-refractivity contribution in [1.29, 1.82) is 0 Å². The van der Waals surface area contributed by atoms with Crippen LogP contribution in [0.1, 0.15) is 50.8 Å². The highest BCUT2D eigenvalue weighted by molar-refractivity contribution is 7.19. The summed E-state index contributed by atoms with van der Waals surface area (Å²) < 4.78 is 1.13. The van der Waals surface area contributed by atoms with Gasteiger partial charge >= 0.3 is 0 Å². The lowest BCUT2D eigenvalue weighted by molar-refractivity contribution is -0.129. The maximum atomic E-state index is 13.0. The van der Waals surface area contributed by atoms with Gasteiger partial charge in [0.2, 0.25) is 0 Å². The predicted molar refractivity (Wildman–Crippen MR) is 142 cm³/mol. The minimum absolute atomic E-state index is 0.0197. The second kappa shape index (κ2) is 12.4. The van der Waals surface area contributed by atoms with Gasteiger partial charge in [-0.1, -0.05) is 68.0 Å². The lowest BCUT2D eigenvalue weighted by Gasteiger charge is -2.22. The van der Waals surface area contributed by atoms with E-state index in [9.17, 15) is 19.8 Å². The first-order valence-corrected chi connectivity index (χ1v) is 13.4. The number of aliphatic hydroxyl groups excluding tert-OH is 3. The van der Waals surface area contributed by atoms with Gasteiger partial charge in [-0.05, 0) is 38.2 Å². The Morgan fingerprint density at radius 2 is 2.00 bits per heavy atom. The van der Waals surface area contributed by atoms with Gasteiger partial charge in [-0.25, -0.2) is 0 Å². The summed E-state index contributed by atoms with van der Waals surface area (Å²) in [6.07, 6.45) is 9.17. The number of fused-ring (bicyclic) bond motifs is 1. The van der Waals surface area contributed by atoms with Crippen molar-refractivity contribution in [3.05, 3.63) is 58.5 Å². The maximum absolute atomic E-state index is 13.0. The topological polar surface area (TPSA) is 94.8 Å². The molecule has 1 aliphatic rings. The highest BCUT2D eigenvalue weighted by Crippen LogP contribution is 2.45. The fourth-order valence-electron chi connectivity index (χ4n) is 4.72. The van der Waals surface area contributed by atoms with E-state index in [4.69, 9.17) is 16.7 Å². The molecule has 4 atom stereocenters. The van der Waals surface area contributed by atoms with Gasteiger partial charge in [-0.15, -0.1) is 11.3 Å². The monoisotopic (exact) mass is 518 g/mol. The molecule has 3 rings (SSSR count). The number of carbonyl (C=O) groups is 2. The lowest BCUT2D eigenvalue weighted by Crippen LogP contribution is -2.31. The number of rotatable bonds is 12. The number of allylic oxidation sites excluding steroid dienone is 2. The lowest BCUT2D eigenvalue weighted by atomic mass is 9.86. The number of thiophene rings is 1. The van der Waals surface area contributed by atoms with Gasteiger partial charge in [0.05, 0.1) is 22.6 Å². The number of aliphatic hydroxyl groups is 3. The molecule has 35 heavy (non-hydrogen) atoms. The summed E-state index contributed by atoms with van der Waals surface area (Å²) in [7, 11) is 0. The average molecular weight is 519 g/mol. The average Bonchev–Trinajstić information content (AvgIpc) is 3.25. The molecule has 5 nitrogen and oxygen atoms in total. The summed E-state index contributed by atoms with van der Waals surface area (Å²) in [6.45, 7) is 3.11. The van der Waals surface area contributed by atoms with Crippen LogP contribution in [0.5, 0.6) is 0 Å². The van der Waals surface area contributed by atoms with E-state index in [0.29, 0.717) is 38.5 Å². The van der Waals surface area contributed by atoms with E-state index in [-0.39, 0.29) is 23.4 Å². The normalized spacial score (nSPS) is 23.1. The van der Waals surface area contributed by atoms with Gasteiger partial charge in [0.25, 0.3) is 0 Å². The van der Waals surface area contributed by atoms with Crippen molar-refractivity contribution in [2.45, 2.75) is 64.6 Å². The third-order valence-corrected chi connectivity index (χ3v) is 8.70. The molecule has 1 aromatic carbocycles. The zero-order chi connectivity index (χ0) is 25.6. The van der Waals surface area contributed by atoms with Gasteiger partial charge in [-0.3, -0.25) is 9.59 Å².